The molecule has 1 saturated heterocycles. The highest BCUT2D eigenvalue weighted by atomic mass is 16.7. The van der Waals surface area contributed by atoms with Crippen molar-refractivity contribution in [3.63, 3.8) is 0 Å². The summed E-state index contributed by atoms with van der Waals surface area (Å²) in [4.78, 5) is 0. The van der Waals surface area contributed by atoms with Crippen LogP contribution in [0.4, 0.5) is 0 Å². The Labute approximate surface area is 117 Å². The van der Waals surface area contributed by atoms with Gasteiger partial charge in [0, 0.05) is 18.9 Å². The van der Waals surface area contributed by atoms with Gasteiger partial charge in [-0.1, -0.05) is 13.8 Å². The highest BCUT2D eigenvalue weighted by molar-refractivity contribution is 4.93. The van der Waals surface area contributed by atoms with E-state index in [4.69, 9.17) is 14.2 Å². The second kappa shape index (κ2) is 6.08. The molecule has 19 heavy (non-hydrogen) atoms. The summed E-state index contributed by atoms with van der Waals surface area (Å²) >= 11 is 0. The lowest BCUT2D eigenvalue weighted by molar-refractivity contribution is -0.221. The van der Waals surface area contributed by atoms with Gasteiger partial charge in [0.25, 0.3) is 0 Å². The number of likely N-dealkylation sites (N-methyl/N-ethyl adjacent to an activating group) is 1. The molecule has 0 amide bonds. The van der Waals surface area contributed by atoms with E-state index in [0.29, 0.717) is 6.04 Å². The van der Waals surface area contributed by atoms with Crippen LogP contribution < -0.4 is 5.32 Å². The SMILES string of the molecule is CCNC1CCC2(CC1OC(C)(C)CC)OCCO2. The fourth-order valence-electron chi connectivity index (χ4n) is 2.98. The molecule has 1 aliphatic heterocycles. The minimum Gasteiger partial charge on any atom is -0.371 e. The summed E-state index contributed by atoms with van der Waals surface area (Å²) in [5.41, 5.74) is -0.0878. The van der Waals surface area contributed by atoms with E-state index in [9.17, 15) is 0 Å². The second-order valence-corrected chi connectivity index (χ2v) is 6.28. The maximum atomic E-state index is 6.36. The van der Waals surface area contributed by atoms with Crippen LogP contribution in [0.2, 0.25) is 0 Å². The molecule has 2 atom stereocenters. The number of ether oxygens (including phenoxy) is 3. The van der Waals surface area contributed by atoms with E-state index in [1.54, 1.807) is 0 Å². The van der Waals surface area contributed by atoms with Crippen LogP contribution in [0.3, 0.4) is 0 Å². The predicted molar refractivity (Wildman–Crippen MR) is 75.2 cm³/mol. The van der Waals surface area contributed by atoms with Gasteiger partial charge in [-0.15, -0.1) is 0 Å². The third-order valence-corrected chi connectivity index (χ3v) is 4.40. The molecule has 1 N–H and O–H groups in total. The van der Waals surface area contributed by atoms with Crippen LogP contribution in [0.25, 0.3) is 0 Å². The summed E-state index contributed by atoms with van der Waals surface area (Å²) in [5, 5.41) is 3.55. The van der Waals surface area contributed by atoms with E-state index < -0.39 is 0 Å². The molecule has 1 spiro atoms. The zero-order chi connectivity index (χ0) is 13.9. The lowest BCUT2D eigenvalue weighted by Gasteiger charge is -2.44. The van der Waals surface area contributed by atoms with E-state index in [2.05, 4.69) is 33.0 Å². The van der Waals surface area contributed by atoms with Crippen molar-refractivity contribution in [2.45, 2.75) is 76.9 Å². The maximum Gasteiger partial charge on any atom is 0.171 e. The molecular formula is C15H29NO3. The standard InChI is InChI=1S/C15H29NO3/c1-5-14(3,4)19-13-11-15(17-9-10-18-15)8-7-12(13)16-6-2/h12-13,16H,5-11H2,1-4H3. The van der Waals surface area contributed by atoms with Gasteiger partial charge in [0.05, 0.1) is 24.9 Å². The van der Waals surface area contributed by atoms with Gasteiger partial charge in [-0.3, -0.25) is 0 Å². The molecule has 0 aromatic heterocycles. The Hall–Kier alpha value is -0.160. The van der Waals surface area contributed by atoms with E-state index >= 15 is 0 Å². The highest BCUT2D eigenvalue weighted by Crippen LogP contribution is 2.38. The summed E-state index contributed by atoms with van der Waals surface area (Å²) in [5.74, 6) is -0.375. The zero-order valence-electron chi connectivity index (χ0n) is 12.8. The third-order valence-electron chi connectivity index (χ3n) is 4.40. The molecule has 1 heterocycles. The van der Waals surface area contributed by atoms with Crippen LogP contribution in [0.5, 0.6) is 0 Å². The van der Waals surface area contributed by atoms with Crippen molar-refractivity contribution in [3.8, 4) is 0 Å². The third kappa shape index (κ3) is 3.69. The molecular weight excluding hydrogens is 242 g/mol. The molecule has 0 aromatic rings. The van der Waals surface area contributed by atoms with E-state index in [1.165, 1.54) is 0 Å². The predicted octanol–water partition coefficient (Wildman–Crippen LogP) is 2.47. The Morgan fingerprint density at radius 1 is 1.26 bits per heavy atom. The summed E-state index contributed by atoms with van der Waals surface area (Å²) in [7, 11) is 0. The molecule has 2 rings (SSSR count). The molecule has 1 saturated carbocycles. The maximum absolute atomic E-state index is 6.36. The number of rotatable bonds is 5. The summed E-state index contributed by atoms with van der Waals surface area (Å²) in [6, 6.07) is 0.411. The van der Waals surface area contributed by atoms with Gasteiger partial charge in [0.15, 0.2) is 5.79 Å². The first-order valence-electron chi connectivity index (χ1n) is 7.69. The lowest BCUT2D eigenvalue weighted by atomic mass is 9.86. The van der Waals surface area contributed by atoms with Crippen molar-refractivity contribution in [2.24, 2.45) is 0 Å². The quantitative estimate of drug-likeness (QED) is 0.834. The fourth-order valence-corrected chi connectivity index (χ4v) is 2.98. The first kappa shape index (κ1) is 15.2. The Morgan fingerprint density at radius 3 is 2.53 bits per heavy atom. The molecule has 4 heteroatoms. The Kier molecular flexibility index (Phi) is 4.88. The molecule has 0 bridgehead atoms. The van der Waals surface area contributed by atoms with Crippen LogP contribution >= 0.6 is 0 Å². The van der Waals surface area contributed by atoms with Crippen LogP contribution in [0, 0.1) is 0 Å². The average molecular weight is 271 g/mol. The van der Waals surface area contributed by atoms with Crippen LogP contribution in [0.15, 0.2) is 0 Å². The Balaban J connectivity index is 2.04. The topological polar surface area (TPSA) is 39.7 Å². The van der Waals surface area contributed by atoms with Gasteiger partial charge in [-0.25, -0.2) is 0 Å². The largest absolute Gasteiger partial charge is 0.371 e. The summed E-state index contributed by atoms with van der Waals surface area (Å²) in [6.45, 7) is 11.1. The van der Waals surface area contributed by atoms with Crippen molar-refractivity contribution in [2.75, 3.05) is 19.8 Å². The van der Waals surface area contributed by atoms with E-state index in [0.717, 1.165) is 45.4 Å². The number of hydrogen-bond donors (Lipinski definition) is 1. The van der Waals surface area contributed by atoms with Gasteiger partial charge >= 0.3 is 0 Å². The molecule has 2 unspecified atom stereocenters. The minimum absolute atomic E-state index is 0.0878. The molecule has 4 nitrogen and oxygen atoms in total. The van der Waals surface area contributed by atoms with Crippen molar-refractivity contribution in [1.82, 2.24) is 5.32 Å². The number of hydrogen-bond acceptors (Lipinski definition) is 4. The zero-order valence-corrected chi connectivity index (χ0v) is 12.8. The van der Waals surface area contributed by atoms with Gasteiger partial charge in [-0.2, -0.15) is 0 Å². The average Bonchev–Trinajstić information content (AvgIpc) is 2.81. The van der Waals surface area contributed by atoms with Gasteiger partial charge in [0.2, 0.25) is 0 Å². The Morgan fingerprint density at radius 2 is 1.95 bits per heavy atom. The first-order valence-corrected chi connectivity index (χ1v) is 7.69. The van der Waals surface area contributed by atoms with Crippen molar-refractivity contribution in [1.29, 1.82) is 0 Å². The molecule has 2 fully saturated rings. The Bertz CT molecular complexity index is 287. The molecule has 0 aromatic carbocycles. The summed E-state index contributed by atoms with van der Waals surface area (Å²) in [6.07, 6.45) is 4.04. The molecule has 0 radical (unpaired) electrons. The van der Waals surface area contributed by atoms with E-state index in [1.807, 2.05) is 0 Å². The smallest absolute Gasteiger partial charge is 0.171 e. The fraction of sp³-hybridized carbons (Fsp3) is 1.00. The van der Waals surface area contributed by atoms with Gasteiger partial charge in [0.1, 0.15) is 0 Å². The number of nitrogens with one attached hydrogen (secondary N) is 1. The monoisotopic (exact) mass is 271 g/mol. The highest BCUT2D eigenvalue weighted by Gasteiger charge is 2.46. The molecule has 112 valence electrons. The van der Waals surface area contributed by atoms with Crippen LogP contribution in [0.1, 0.15) is 53.4 Å². The van der Waals surface area contributed by atoms with Crippen molar-refractivity contribution in [3.05, 3.63) is 0 Å². The summed E-state index contributed by atoms with van der Waals surface area (Å²) < 4.78 is 18.1. The first-order chi connectivity index (χ1) is 9.00. The van der Waals surface area contributed by atoms with E-state index in [-0.39, 0.29) is 17.5 Å². The van der Waals surface area contributed by atoms with Crippen molar-refractivity contribution < 1.29 is 14.2 Å². The lowest BCUT2D eigenvalue weighted by Crippen LogP contribution is -2.54. The van der Waals surface area contributed by atoms with Crippen LogP contribution in [-0.4, -0.2) is 43.3 Å². The van der Waals surface area contributed by atoms with Gasteiger partial charge in [-0.05, 0) is 33.2 Å². The second-order valence-electron chi connectivity index (χ2n) is 6.28. The molecule has 1 aliphatic carbocycles. The van der Waals surface area contributed by atoms with Crippen molar-refractivity contribution >= 4 is 0 Å². The molecule has 2 aliphatic rings. The minimum atomic E-state index is -0.375. The van der Waals surface area contributed by atoms with Gasteiger partial charge < -0.3 is 19.5 Å². The normalized spacial score (nSPS) is 30.9. The van der Waals surface area contributed by atoms with Crippen LogP contribution in [-0.2, 0) is 14.2 Å².